The fraction of sp³-hybridized carbons (Fsp3) is 0.850. The zero-order valence-electron chi connectivity index (χ0n) is 17.6. The third-order valence-corrected chi connectivity index (χ3v) is 7.09. The molecule has 0 atom stereocenters. The summed E-state index contributed by atoms with van der Waals surface area (Å²) in [5, 5.41) is 13.0. The molecule has 0 saturated heterocycles. The molecule has 0 aromatic carbocycles. The molecule has 2 aliphatic rings. The van der Waals surface area contributed by atoms with E-state index in [4.69, 9.17) is 4.74 Å². The molecule has 9 heteroatoms. The Morgan fingerprint density at radius 1 is 1.14 bits per heavy atom. The van der Waals surface area contributed by atoms with Gasteiger partial charge in [-0.25, -0.2) is 4.68 Å². The highest BCUT2D eigenvalue weighted by molar-refractivity contribution is 7.99. The van der Waals surface area contributed by atoms with E-state index in [0.717, 1.165) is 55.9 Å². The summed E-state index contributed by atoms with van der Waals surface area (Å²) in [6.07, 6.45) is 11.0. The molecule has 1 heterocycles. The monoisotopic (exact) mass is 423 g/mol. The smallest absolute Gasteiger partial charge is 0.302 e. The van der Waals surface area contributed by atoms with E-state index in [2.05, 4.69) is 15.5 Å². The molecule has 0 unspecified atom stereocenters. The summed E-state index contributed by atoms with van der Waals surface area (Å²) >= 11 is 1.62. The second-order valence-electron chi connectivity index (χ2n) is 8.19. The van der Waals surface area contributed by atoms with Crippen molar-refractivity contribution < 1.29 is 14.3 Å². The van der Waals surface area contributed by atoms with E-state index in [1.165, 1.54) is 26.2 Å². The molecule has 29 heavy (non-hydrogen) atoms. The highest BCUT2D eigenvalue weighted by Gasteiger charge is 2.27. The van der Waals surface area contributed by atoms with Gasteiger partial charge in [0.05, 0.1) is 6.04 Å². The van der Waals surface area contributed by atoms with Gasteiger partial charge in [0.15, 0.2) is 0 Å². The van der Waals surface area contributed by atoms with Crippen LogP contribution in [0.2, 0.25) is 0 Å². The van der Waals surface area contributed by atoms with Gasteiger partial charge in [-0.3, -0.25) is 9.59 Å². The minimum Gasteiger partial charge on any atom is -0.463 e. The Hall–Kier alpha value is -1.64. The van der Waals surface area contributed by atoms with E-state index < -0.39 is 0 Å². The number of carbonyl (C=O) groups excluding carboxylic acids is 2. The van der Waals surface area contributed by atoms with Crippen LogP contribution in [0.1, 0.15) is 83.6 Å². The van der Waals surface area contributed by atoms with E-state index in [1.54, 1.807) is 11.8 Å². The number of hydrogen-bond donors (Lipinski definition) is 0. The molecule has 1 aromatic heterocycles. The third-order valence-electron chi connectivity index (χ3n) is 6.07. The van der Waals surface area contributed by atoms with Gasteiger partial charge in [-0.1, -0.05) is 31.0 Å². The molecular formula is C20H33N5O3S. The van der Waals surface area contributed by atoms with Crippen molar-refractivity contribution in [1.29, 1.82) is 0 Å². The van der Waals surface area contributed by atoms with Crippen molar-refractivity contribution in [3.8, 4) is 0 Å². The van der Waals surface area contributed by atoms with Crippen molar-refractivity contribution in [2.24, 2.45) is 0 Å². The standard InChI is InChI=1S/C20H33N5O3S/c1-15(26)28-18-12-10-17(11-13-18)25-20(21-22-23-25)29-14-6-9-19(27)24(2)16-7-4-3-5-8-16/h16-18H,3-14H2,1-2H3. The van der Waals surface area contributed by atoms with Crippen LogP contribution in [0.4, 0.5) is 0 Å². The highest BCUT2D eigenvalue weighted by Crippen LogP contribution is 2.32. The molecule has 2 aliphatic carbocycles. The predicted molar refractivity (Wildman–Crippen MR) is 110 cm³/mol. The van der Waals surface area contributed by atoms with Crippen molar-refractivity contribution in [3.05, 3.63) is 0 Å². The van der Waals surface area contributed by atoms with Crippen LogP contribution in [-0.2, 0) is 14.3 Å². The first-order valence-electron chi connectivity index (χ1n) is 10.9. The van der Waals surface area contributed by atoms with Crippen LogP contribution >= 0.6 is 11.8 Å². The maximum absolute atomic E-state index is 12.5. The van der Waals surface area contributed by atoms with Crippen LogP contribution in [0.15, 0.2) is 5.16 Å². The summed E-state index contributed by atoms with van der Waals surface area (Å²) in [6.45, 7) is 1.46. The summed E-state index contributed by atoms with van der Waals surface area (Å²) in [5.74, 6) is 0.865. The number of esters is 1. The number of amides is 1. The summed E-state index contributed by atoms with van der Waals surface area (Å²) in [7, 11) is 1.96. The van der Waals surface area contributed by atoms with Crippen LogP contribution in [0.3, 0.4) is 0 Å². The Morgan fingerprint density at radius 2 is 1.86 bits per heavy atom. The summed E-state index contributed by atoms with van der Waals surface area (Å²) in [4.78, 5) is 25.5. The number of carbonyl (C=O) groups is 2. The van der Waals surface area contributed by atoms with Gasteiger partial charge >= 0.3 is 5.97 Å². The van der Waals surface area contributed by atoms with Crippen molar-refractivity contribution in [2.45, 2.75) is 101 Å². The number of thioether (sulfide) groups is 1. The quantitative estimate of drug-likeness (QED) is 0.360. The normalized spacial score (nSPS) is 23.0. The van der Waals surface area contributed by atoms with Gasteiger partial charge in [0.2, 0.25) is 11.1 Å². The van der Waals surface area contributed by atoms with E-state index in [9.17, 15) is 9.59 Å². The van der Waals surface area contributed by atoms with Crippen LogP contribution in [0, 0.1) is 0 Å². The lowest BCUT2D eigenvalue weighted by Crippen LogP contribution is -2.38. The van der Waals surface area contributed by atoms with Gasteiger partial charge in [-0.05, 0) is 55.4 Å². The lowest BCUT2D eigenvalue weighted by atomic mass is 9.93. The van der Waals surface area contributed by atoms with E-state index >= 15 is 0 Å². The molecule has 2 saturated carbocycles. The first-order valence-corrected chi connectivity index (χ1v) is 11.9. The molecular weight excluding hydrogens is 390 g/mol. The maximum atomic E-state index is 12.5. The molecule has 0 N–H and O–H groups in total. The largest absolute Gasteiger partial charge is 0.463 e. The first-order chi connectivity index (χ1) is 14.0. The van der Waals surface area contributed by atoms with Crippen LogP contribution < -0.4 is 0 Å². The van der Waals surface area contributed by atoms with Crippen LogP contribution in [0.5, 0.6) is 0 Å². The Kier molecular flexibility index (Phi) is 8.32. The average Bonchev–Trinajstić information content (AvgIpc) is 3.20. The zero-order chi connectivity index (χ0) is 20.6. The fourth-order valence-electron chi connectivity index (χ4n) is 4.39. The van der Waals surface area contributed by atoms with E-state index in [0.29, 0.717) is 12.5 Å². The van der Waals surface area contributed by atoms with Crippen molar-refractivity contribution in [1.82, 2.24) is 25.1 Å². The lowest BCUT2D eigenvalue weighted by Gasteiger charge is -2.31. The molecule has 8 nitrogen and oxygen atoms in total. The second kappa shape index (κ2) is 10.9. The van der Waals surface area contributed by atoms with Crippen molar-refractivity contribution in [3.63, 3.8) is 0 Å². The SMILES string of the molecule is CC(=O)OC1CCC(n2nnnc2SCCCC(=O)N(C)C2CCCCC2)CC1. The molecule has 0 radical (unpaired) electrons. The van der Waals surface area contributed by atoms with E-state index in [1.807, 2.05) is 16.6 Å². The number of tetrazole rings is 1. The Labute approximate surface area is 177 Å². The summed E-state index contributed by atoms with van der Waals surface area (Å²) in [6, 6.07) is 0.677. The number of aromatic nitrogens is 4. The Bertz CT molecular complexity index is 669. The van der Waals surface area contributed by atoms with Gasteiger partial charge in [0.1, 0.15) is 6.10 Å². The molecule has 0 bridgehead atoms. The van der Waals surface area contributed by atoms with Gasteiger partial charge in [-0.15, -0.1) is 5.10 Å². The Balaban J connectivity index is 1.39. The number of nitrogens with zero attached hydrogens (tertiary/aromatic N) is 5. The number of rotatable bonds is 8. The molecule has 2 fully saturated rings. The average molecular weight is 424 g/mol. The minimum atomic E-state index is -0.212. The first kappa shape index (κ1) is 22.1. The highest BCUT2D eigenvalue weighted by atomic mass is 32.2. The molecule has 162 valence electrons. The number of hydrogen-bond acceptors (Lipinski definition) is 7. The van der Waals surface area contributed by atoms with Gasteiger partial charge < -0.3 is 9.64 Å². The summed E-state index contributed by atoms with van der Waals surface area (Å²) in [5.41, 5.74) is 0. The molecule has 0 aliphatic heterocycles. The number of ether oxygens (including phenoxy) is 1. The fourth-order valence-corrected chi connectivity index (χ4v) is 5.27. The van der Waals surface area contributed by atoms with Gasteiger partial charge in [0.25, 0.3) is 0 Å². The van der Waals surface area contributed by atoms with E-state index in [-0.39, 0.29) is 24.0 Å². The van der Waals surface area contributed by atoms with Crippen LogP contribution in [-0.4, -0.2) is 61.9 Å². The van der Waals surface area contributed by atoms with Crippen molar-refractivity contribution in [2.75, 3.05) is 12.8 Å². The Morgan fingerprint density at radius 3 is 2.55 bits per heavy atom. The molecule has 3 rings (SSSR count). The molecule has 1 amide bonds. The zero-order valence-corrected chi connectivity index (χ0v) is 18.4. The topological polar surface area (TPSA) is 90.2 Å². The van der Waals surface area contributed by atoms with Gasteiger partial charge in [-0.2, -0.15) is 0 Å². The molecule has 0 spiro atoms. The second-order valence-corrected chi connectivity index (χ2v) is 9.26. The maximum Gasteiger partial charge on any atom is 0.302 e. The lowest BCUT2D eigenvalue weighted by molar-refractivity contribution is -0.148. The van der Waals surface area contributed by atoms with Crippen molar-refractivity contribution >= 4 is 23.6 Å². The van der Waals surface area contributed by atoms with Gasteiger partial charge in [0, 0.05) is 32.2 Å². The molecule has 1 aromatic rings. The third kappa shape index (κ3) is 6.42. The summed E-state index contributed by atoms with van der Waals surface area (Å²) < 4.78 is 7.22. The minimum absolute atomic E-state index is 0.0171. The predicted octanol–water partition coefficient (Wildman–Crippen LogP) is 3.38. The van der Waals surface area contributed by atoms with Crippen LogP contribution in [0.25, 0.3) is 0 Å².